The minimum atomic E-state index is -0.191. The fourth-order valence-corrected chi connectivity index (χ4v) is 2.86. The van der Waals surface area contributed by atoms with Crippen molar-refractivity contribution in [3.05, 3.63) is 67.4 Å². The number of halogens is 3. The van der Waals surface area contributed by atoms with Gasteiger partial charge in [-0.1, -0.05) is 23.2 Å². The zero-order valence-corrected chi connectivity index (χ0v) is 13.7. The highest BCUT2D eigenvalue weighted by Gasteiger charge is 2.17. The van der Waals surface area contributed by atoms with Gasteiger partial charge in [-0.25, -0.2) is 0 Å². The molecule has 0 fully saturated rings. The molecule has 0 amide bonds. The van der Waals surface area contributed by atoms with E-state index in [1.54, 1.807) is 42.5 Å². The van der Waals surface area contributed by atoms with Crippen LogP contribution in [-0.4, -0.2) is 5.78 Å². The second-order valence-corrected chi connectivity index (χ2v) is 6.28. The lowest BCUT2D eigenvalue weighted by Gasteiger charge is -2.01. The van der Waals surface area contributed by atoms with Crippen molar-refractivity contribution in [2.24, 2.45) is 0 Å². The normalized spacial score (nSPS) is 10.9. The van der Waals surface area contributed by atoms with Crippen molar-refractivity contribution >= 4 is 62.5 Å². The molecule has 0 spiro atoms. The smallest absolute Gasteiger partial charge is 0.229 e. The first kappa shape index (κ1) is 13.9. The van der Waals surface area contributed by atoms with Crippen LogP contribution in [0.3, 0.4) is 0 Å². The molecule has 0 saturated carbocycles. The summed E-state index contributed by atoms with van der Waals surface area (Å²) in [5.41, 5.74) is 1.16. The summed E-state index contributed by atoms with van der Waals surface area (Å²) in [4.78, 5) is 12.5. The van der Waals surface area contributed by atoms with Crippen LogP contribution in [0.4, 0.5) is 0 Å². The first-order valence-corrected chi connectivity index (χ1v) is 7.57. The summed E-state index contributed by atoms with van der Waals surface area (Å²) in [7, 11) is 0. The highest BCUT2D eigenvalue weighted by atomic mass is 127. The van der Waals surface area contributed by atoms with E-state index in [4.69, 9.17) is 27.6 Å². The van der Waals surface area contributed by atoms with Gasteiger partial charge in [0, 0.05) is 24.6 Å². The number of fused-ring (bicyclic) bond motifs is 1. The lowest BCUT2D eigenvalue weighted by atomic mass is 10.1. The van der Waals surface area contributed by atoms with Crippen LogP contribution in [0, 0.1) is 3.57 Å². The Morgan fingerprint density at radius 3 is 2.50 bits per heavy atom. The average Bonchev–Trinajstić information content (AvgIpc) is 2.83. The number of hydrogen-bond acceptors (Lipinski definition) is 2. The Morgan fingerprint density at radius 2 is 1.70 bits per heavy atom. The largest absolute Gasteiger partial charge is 0.453 e. The molecule has 0 aliphatic heterocycles. The highest BCUT2D eigenvalue weighted by molar-refractivity contribution is 14.1. The first-order chi connectivity index (χ1) is 9.54. The molecule has 20 heavy (non-hydrogen) atoms. The van der Waals surface area contributed by atoms with Gasteiger partial charge in [-0.2, -0.15) is 0 Å². The number of carbonyl (C=O) groups excluding carboxylic acids is 1. The topological polar surface area (TPSA) is 30.2 Å². The summed E-state index contributed by atoms with van der Waals surface area (Å²) in [6.45, 7) is 0. The second-order valence-electron chi connectivity index (χ2n) is 4.25. The minimum absolute atomic E-state index is 0.191. The fraction of sp³-hybridized carbons (Fsp3) is 0. The van der Waals surface area contributed by atoms with Crippen LogP contribution in [0.5, 0.6) is 0 Å². The molecule has 0 atom stereocenters. The van der Waals surface area contributed by atoms with Crippen LogP contribution in [0.15, 0.2) is 46.9 Å². The van der Waals surface area contributed by atoms with Crippen LogP contribution < -0.4 is 0 Å². The van der Waals surface area contributed by atoms with Crippen LogP contribution in [0.2, 0.25) is 10.0 Å². The predicted molar refractivity (Wildman–Crippen MR) is 88.8 cm³/mol. The van der Waals surface area contributed by atoms with Crippen LogP contribution in [0.1, 0.15) is 16.1 Å². The van der Waals surface area contributed by atoms with Gasteiger partial charge in [0.05, 0.1) is 0 Å². The molecular formula is C15H7Cl2IO2. The molecule has 0 aliphatic carbocycles. The summed E-state index contributed by atoms with van der Waals surface area (Å²) < 4.78 is 6.41. The SMILES string of the molecule is O=C(c1cc2cc(Cl)ccc2o1)c1cc(Cl)ccc1I. The van der Waals surface area contributed by atoms with Crippen molar-refractivity contribution in [3.63, 3.8) is 0 Å². The molecule has 100 valence electrons. The fourth-order valence-electron chi connectivity index (χ4n) is 1.93. The molecular weight excluding hydrogens is 410 g/mol. The molecule has 1 aromatic heterocycles. The van der Waals surface area contributed by atoms with Gasteiger partial charge in [-0.05, 0) is 65.1 Å². The van der Waals surface area contributed by atoms with Crippen molar-refractivity contribution < 1.29 is 9.21 Å². The van der Waals surface area contributed by atoms with Gasteiger partial charge in [-0.3, -0.25) is 4.79 Å². The Kier molecular flexibility index (Phi) is 3.75. The van der Waals surface area contributed by atoms with Gasteiger partial charge < -0.3 is 4.42 Å². The zero-order valence-electron chi connectivity index (χ0n) is 9.99. The summed E-state index contributed by atoms with van der Waals surface area (Å²) in [5.74, 6) is 0.0895. The molecule has 0 radical (unpaired) electrons. The number of rotatable bonds is 2. The third-order valence-electron chi connectivity index (χ3n) is 2.88. The molecule has 1 heterocycles. The Labute approximate surface area is 138 Å². The van der Waals surface area contributed by atoms with Gasteiger partial charge >= 0.3 is 0 Å². The van der Waals surface area contributed by atoms with Crippen molar-refractivity contribution in [1.82, 2.24) is 0 Å². The molecule has 3 rings (SSSR count). The number of hydrogen-bond donors (Lipinski definition) is 0. The monoisotopic (exact) mass is 416 g/mol. The number of ketones is 1. The van der Waals surface area contributed by atoms with Gasteiger partial charge in [0.25, 0.3) is 0 Å². The predicted octanol–water partition coefficient (Wildman–Crippen LogP) is 5.58. The van der Waals surface area contributed by atoms with E-state index in [1.165, 1.54) is 0 Å². The maximum Gasteiger partial charge on any atom is 0.229 e. The van der Waals surface area contributed by atoms with Gasteiger partial charge in [0.2, 0.25) is 5.78 Å². The molecule has 2 aromatic carbocycles. The molecule has 2 nitrogen and oxygen atoms in total. The lowest BCUT2D eigenvalue weighted by molar-refractivity contribution is 0.101. The van der Waals surface area contributed by atoms with E-state index >= 15 is 0 Å². The van der Waals surface area contributed by atoms with E-state index in [9.17, 15) is 4.79 Å². The number of furan rings is 1. The maximum atomic E-state index is 12.5. The molecule has 0 N–H and O–H groups in total. The third kappa shape index (κ3) is 2.57. The van der Waals surface area contributed by atoms with Gasteiger partial charge in [0.1, 0.15) is 5.58 Å². The zero-order chi connectivity index (χ0) is 14.3. The van der Waals surface area contributed by atoms with Crippen molar-refractivity contribution in [2.45, 2.75) is 0 Å². The van der Waals surface area contributed by atoms with E-state index < -0.39 is 0 Å². The van der Waals surface area contributed by atoms with Crippen LogP contribution >= 0.6 is 45.8 Å². The summed E-state index contributed by atoms with van der Waals surface area (Å²) >= 11 is 14.0. The van der Waals surface area contributed by atoms with Crippen molar-refractivity contribution in [1.29, 1.82) is 0 Å². The van der Waals surface area contributed by atoms with Crippen LogP contribution in [-0.2, 0) is 0 Å². The molecule has 3 aromatic rings. The van der Waals surface area contributed by atoms with Gasteiger partial charge in [-0.15, -0.1) is 0 Å². The van der Waals surface area contributed by atoms with E-state index in [-0.39, 0.29) is 11.5 Å². The van der Waals surface area contributed by atoms with E-state index in [1.807, 2.05) is 0 Å². The molecule has 0 bridgehead atoms. The second kappa shape index (κ2) is 5.39. The highest BCUT2D eigenvalue weighted by Crippen LogP contribution is 2.26. The van der Waals surface area contributed by atoms with Crippen molar-refractivity contribution in [3.8, 4) is 0 Å². The number of benzene rings is 2. The van der Waals surface area contributed by atoms with E-state index in [0.717, 1.165) is 8.96 Å². The van der Waals surface area contributed by atoms with E-state index in [2.05, 4.69) is 22.6 Å². The molecule has 0 aliphatic rings. The lowest BCUT2D eigenvalue weighted by Crippen LogP contribution is -2.02. The summed E-state index contributed by atoms with van der Waals surface area (Å²) in [5, 5.41) is 1.93. The molecule has 0 unspecified atom stereocenters. The quantitative estimate of drug-likeness (QED) is 0.403. The van der Waals surface area contributed by atoms with Gasteiger partial charge in [0.15, 0.2) is 5.76 Å². The van der Waals surface area contributed by atoms with Crippen molar-refractivity contribution in [2.75, 3.05) is 0 Å². The third-order valence-corrected chi connectivity index (χ3v) is 4.29. The van der Waals surface area contributed by atoms with E-state index in [0.29, 0.717) is 21.2 Å². The Morgan fingerprint density at radius 1 is 1.00 bits per heavy atom. The Hall–Kier alpha value is -1.04. The number of carbonyl (C=O) groups is 1. The summed E-state index contributed by atoms with van der Waals surface area (Å²) in [6, 6.07) is 12.1. The Balaban J connectivity index is 2.10. The average molecular weight is 417 g/mol. The summed E-state index contributed by atoms with van der Waals surface area (Å²) in [6.07, 6.45) is 0. The Bertz CT molecular complexity index is 824. The maximum absolute atomic E-state index is 12.5. The molecule has 5 heteroatoms. The first-order valence-electron chi connectivity index (χ1n) is 5.73. The van der Waals surface area contributed by atoms with Crippen LogP contribution in [0.25, 0.3) is 11.0 Å². The molecule has 0 saturated heterocycles. The standard InChI is InChI=1S/C15H7Cl2IO2/c16-9-2-4-13-8(5-9)6-14(20-13)15(19)11-7-10(17)1-3-12(11)18/h1-7H. The minimum Gasteiger partial charge on any atom is -0.453 e.